The predicted molar refractivity (Wildman–Crippen MR) is 240 cm³/mol. The number of carbonyl (C=O) groups excluding carboxylic acids is 6. The van der Waals surface area contributed by atoms with Crippen LogP contribution in [0.5, 0.6) is 0 Å². The average Bonchev–Trinajstić information content (AvgIpc) is 3.65. The number of ether oxygens (including phenoxy) is 1. The van der Waals surface area contributed by atoms with Crippen molar-refractivity contribution in [1.82, 2.24) is 45.1 Å². The van der Waals surface area contributed by atoms with Crippen molar-refractivity contribution in [1.29, 1.82) is 0 Å². The molecule has 1 saturated carbocycles. The Morgan fingerprint density at radius 2 is 1.85 bits per heavy atom. The fraction of sp³-hybridized carbons (Fsp3) is 0.444. The quantitative estimate of drug-likeness (QED) is 0.0932. The zero-order chi connectivity index (χ0) is 46.2. The second-order valence-electron chi connectivity index (χ2n) is 17.3. The highest BCUT2D eigenvalue weighted by Gasteiger charge is 2.54. The number of amides is 6. The Morgan fingerprint density at radius 1 is 1.02 bits per heavy atom. The summed E-state index contributed by atoms with van der Waals surface area (Å²) in [6.07, 6.45) is 11.5. The second-order valence-corrected chi connectivity index (χ2v) is 19.9. The third-order valence-electron chi connectivity index (χ3n) is 12.7. The fourth-order valence-electron chi connectivity index (χ4n) is 8.97. The van der Waals surface area contributed by atoms with Crippen LogP contribution in [0.15, 0.2) is 59.4 Å². The highest BCUT2D eigenvalue weighted by molar-refractivity contribution is 7.94. The van der Waals surface area contributed by atoms with Crippen molar-refractivity contribution in [3.63, 3.8) is 0 Å². The van der Waals surface area contributed by atoms with Crippen LogP contribution in [0, 0.1) is 0 Å². The molecule has 66 heavy (non-hydrogen) atoms. The number of aryl methyl sites for hydroxylation is 2. The van der Waals surface area contributed by atoms with E-state index in [4.69, 9.17) is 14.7 Å². The maximum atomic E-state index is 14.5. The molecule has 5 aromatic rings. The number of aromatic amines is 1. The van der Waals surface area contributed by atoms with Crippen molar-refractivity contribution >= 4 is 67.7 Å². The van der Waals surface area contributed by atoms with E-state index in [2.05, 4.69) is 47.1 Å². The molecule has 3 N–H and O–H groups in total. The number of unbranched alkanes of at least 4 members (excludes halogenated alkanes) is 3. The van der Waals surface area contributed by atoms with Crippen molar-refractivity contribution in [3.8, 4) is 11.4 Å². The molecule has 1 aromatic carbocycles. The maximum absolute atomic E-state index is 14.5. The Balaban J connectivity index is 0.758. The van der Waals surface area contributed by atoms with Crippen LogP contribution in [-0.4, -0.2) is 118 Å². The van der Waals surface area contributed by atoms with E-state index >= 15 is 0 Å². The Morgan fingerprint density at radius 3 is 2.65 bits per heavy atom. The van der Waals surface area contributed by atoms with Crippen LogP contribution in [0.25, 0.3) is 22.4 Å². The number of anilines is 2. The van der Waals surface area contributed by atoms with Gasteiger partial charge in [-0.05, 0) is 63.3 Å². The summed E-state index contributed by atoms with van der Waals surface area (Å²) >= 11 is 0. The molecular formula is C45H50N12O8S. The molecule has 0 radical (unpaired) electrons. The third-order valence-corrected chi connectivity index (χ3v) is 15.3. The van der Waals surface area contributed by atoms with Gasteiger partial charge in [-0.1, -0.05) is 24.1 Å². The molecule has 3 atom stereocenters. The third kappa shape index (κ3) is 8.83. The summed E-state index contributed by atoms with van der Waals surface area (Å²) < 4.78 is 25.4. The molecule has 1 aliphatic carbocycles. The highest BCUT2D eigenvalue weighted by Crippen LogP contribution is 2.53. The second kappa shape index (κ2) is 18.3. The van der Waals surface area contributed by atoms with Gasteiger partial charge in [-0.2, -0.15) is 4.36 Å². The Hall–Kier alpha value is -6.74. The van der Waals surface area contributed by atoms with E-state index in [-0.39, 0.29) is 60.9 Å². The van der Waals surface area contributed by atoms with Crippen molar-refractivity contribution in [2.75, 3.05) is 36.2 Å². The van der Waals surface area contributed by atoms with Crippen molar-refractivity contribution in [3.05, 3.63) is 77.5 Å². The number of hydrogen-bond acceptors (Lipinski definition) is 14. The summed E-state index contributed by atoms with van der Waals surface area (Å²) in [5.41, 5.74) is 3.04. The van der Waals surface area contributed by atoms with Crippen LogP contribution in [0.3, 0.4) is 0 Å². The van der Waals surface area contributed by atoms with Gasteiger partial charge in [0.05, 0.1) is 61.9 Å². The number of nitrogens with zero attached hydrogens (tertiary/aromatic N) is 9. The lowest BCUT2D eigenvalue weighted by atomic mass is 10.0. The summed E-state index contributed by atoms with van der Waals surface area (Å²) in [4.78, 5) is 97.4. The van der Waals surface area contributed by atoms with E-state index in [1.165, 1.54) is 6.07 Å². The van der Waals surface area contributed by atoms with Crippen LogP contribution in [0.4, 0.5) is 11.5 Å². The number of rotatable bonds is 16. The van der Waals surface area contributed by atoms with E-state index in [0.717, 1.165) is 35.1 Å². The molecule has 7 heterocycles. The number of carbonyl (C=O) groups is 6. The first-order chi connectivity index (χ1) is 31.8. The standard InChI is InChI=1S/C45H50N12O8S/c1-27-26-65-23-22-56(27)35-24-34(49-41(50-35)30-16-20-47-40-29(30)15-19-46-40)45(17-18-45)66(2,64)53-38(60)13-11-28-25-55(54-52-28)21-6-4-3-5-10-36(58)48-32-9-7-8-31-39(32)44(63)57(43(31)62)33-12-14-37(59)51-42(33)61/h7-9,15-16,19-20,24-25,27,33H,3-6,10-14,17-18,21-23,26H2,1-2H3,(H,46,47)(H,48,58)(H,51,59,61)/t27-,33?,66-/m1/s1. The number of aromatic nitrogens is 7. The van der Waals surface area contributed by atoms with E-state index in [9.17, 15) is 33.0 Å². The number of piperidine rings is 1. The van der Waals surface area contributed by atoms with Gasteiger partial charge in [-0.25, -0.2) is 19.2 Å². The zero-order valence-electron chi connectivity index (χ0n) is 36.7. The van der Waals surface area contributed by atoms with Gasteiger partial charge in [0.25, 0.3) is 17.7 Å². The first-order valence-electron chi connectivity index (χ1n) is 22.3. The summed E-state index contributed by atoms with van der Waals surface area (Å²) in [6, 6.07) is 9.26. The number of hydrogen-bond donors (Lipinski definition) is 3. The molecule has 9 rings (SSSR count). The first kappa shape index (κ1) is 44.5. The molecule has 2 saturated heterocycles. The molecule has 0 bridgehead atoms. The normalized spacial score (nSPS) is 20.0. The molecule has 3 aliphatic heterocycles. The van der Waals surface area contributed by atoms with E-state index in [1.54, 1.807) is 35.5 Å². The molecule has 21 heteroatoms. The predicted octanol–water partition coefficient (Wildman–Crippen LogP) is 4.07. The van der Waals surface area contributed by atoms with Gasteiger partial charge < -0.3 is 19.9 Å². The van der Waals surface area contributed by atoms with Gasteiger partial charge in [0.2, 0.25) is 17.7 Å². The summed E-state index contributed by atoms with van der Waals surface area (Å²) in [5, 5.41) is 14.2. The summed E-state index contributed by atoms with van der Waals surface area (Å²) in [7, 11) is -3.09. The number of nitrogens with one attached hydrogen (secondary N) is 3. The smallest absolute Gasteiger partial charge is 0.264 e. The first-order valence-corrected chi connectivity index (χ1v) is 24.2. The van der Waals surface area contributed by atoms with Crippen LogP contribution in [0.2, 0.25) is 0 Å². The van der Waals surface area contributed by atoms with Gasteiger partial charge in [0.1, 0.15) is 17.5 Å². The summed E-state index contributed by atoms with van der Waals surface area (Å²) in [5.74, 6) is -2.08. The van der Waals surface area contributed by atoms with Crippen molar-refractivity contribution in [2.24, 2.45) is 4.36 Å². The van der Waals surface area contributed by atoms with Gasteiger partial charge in [0, 0.05) is 80.6 Å². The molecule has 3 fully saturated rings. The van der Waals surface area contributed by atoms with Crippen molar-refractivity contribution in [2.45, 2.75) is 101 Å². The monoisotopic (exact) mass is 918 g/mol. The van der Waals surface area contributed by atoms with E-state index < -0.39 is 50.1 Å². The molecule has 344 valence electrons. The minimum absolute atomic E-state index is 0.0111. The molecule has 20 nitrogen and oxygen atoms in total. The fourth-order valence-corrected chi connectivity index (χ4v) is 11.0. The minimum Gasteiger partial charge on any atom is -0.377 e. The number of morpholine rings is 1. The number of benzene rings is 1. The molecule has 1 unspecified atom stereocenters. The van der Waals surface area contributed by atoms with Gasteiger partial charge >= 0.3 is 0 Å². The highest BCUT2D eigenvalue weighted by atomic mass is 32.2. The minimum atomic E-state index is -3.09. The molecular weight excluding hydrogens is 869 g/mol. The van der Waals surface area contributed by atoms with Crippen LogP contribution >= 0.6 is 0 Å². The molecule has 6 amide bonds. The Labute approximate surface area is 379 Å². The average molecular weight is 919 g/mol. The molecule has 0 spiro atoms. The summed E-state index contributed by atoms with van der Waals surface area (Å²) in [6.45, 7) is 4.41. The Kier molecular flexibility index (Phi) is 12.3. The van der Waals surface area contributed by atoms with Crippen LogP contribution in [0.1, 0.15) is 103 Å². The zero-order valence-corrected chi connectivity index (χ0v) is 37.5. The number of imide groups is 2. The van der Waals surface area contributed by atoms with Crippen LogP contribution in [-0.2, 0) is 51.4 Å². The molecule has 4 aliphatic rings. The van der Waals surface area contributed by atoms with Gasteiger partial charge in [-0.3, -0.25) is 43.7 Å². The number of fused-ring (bicyclic) bond motifs is 2. The lowest BCUT2D eigenvalue weighted by molar-refractivity contribution is -0.136. The molecule has 4 aromatic heterocycles. The SMILES string of the molecule is C[C@@H]1COCCN1c1cc(C2([S@@](C)(=O)=NC(=O)CCc3cn(CCCCCCC(=O)Nc4cccc5c4C(=O)N(C4CCC(=O)NC4=O)C5=O)nn3)CC2)nc(-c2ccnc3[nH]ccc23)n1. The van der Waals surface area contributed by atoms with Crippen LogP contribution < -0.4 is 15.5 Å². The Bertz CT molecular complexity index is 2900. The maximum Gasteiger partial charge on any atom is 0.264 e. The van der Waals surface area contributed by atoms with Crippen molar-refractivity contribution < 1.29 is 37.7 Å². The topological polar surface area (TPSA) is 257 Å². The number of pyridine rings is 1. The lowest BCUT2D eigenvalue weighted by Crippen LogP contribution is -2.54. The van der Waals surface area contributed by atoms with E-state index in [1.807, 2.05) is 24.4 Å². The largest absolute Gasteiger partial charge is 0.377 e. The van der Waals surface area contributed by atoms with E-state index in [0.29, 0.717) is 74.2 Å². The number of H-pyrrole nitrogens is 1. The van der Waals surface area contributed by atoms with Gasteiger partial charge in [0.15, 0.2) is 5.82 Å². The van der Waals surface area contributed by atoms with Gasteiger partial charge in [-0.15, -0.1) is 5.10 Å². The lowest BCUT2D eigenvalue weighted by Gasteiger charge is -2.35.